The summed E-state index contributed by atoms with van der Waals surface area (Å²) in [6, 6.07) is 22.0. The first-order valence-corrected chi connectivity index (χ1v) is 18.4. The first kappa shape index (κ1) is 32.0. The quantitative estimate of drug-likeness (QED) is 0.134. The standard InChI is InChI=1S/C41H45N7O3/c1-23(2)35(47-40(50)51-3)39(49)48-22-41(14-15-41)19-34(48)37-42-20-32(45-37)25-6-4-24(5-7-25)26-8-9-28-17-29(11-10-27(28)16-26)33-21-43-38(46-33)36-30-12-13-31(18-30)44-36/h4-11,16-17,20-21,23,30-31,34-36,44H,12-15,18-19,22H2,1-3H3,(H,42,45)(H,43,46)(H,47,50)/t30-,31+,34-,35-,36-/m0/s1. The fourth-order valence-electron chi connectivity index (χ4n) is 8.84. The first-order chi connectivity index (χ1) is 24.8. The van der Waals surface area contributed by atoms with Crippen molar-refractivity contribution in [3.63, 3.8) is 0 Å². The van der Waals surface area contributed by atoms with Gasteiger partial charge in [0.2, 0.25) is 5.91 Å². The second kappa shape index (κ2) is 12.4. The lowest BCUT2D eigenvalue weighted by atomic mass is 9.98. The van der Waals surface area contributed by atoms with Crippen molar-refractivity contribution in [2.75, 3.05) is 13.7 Å². The van der Waals surface area contributed by atoms with Crippen molar-refractivity contribution in [2.45, 2.75) is 76.5 Å². The van der Waals surface area contributed by atoms with Gasteiger partial charge in [0.25, 0.3) is 0 Å². The highest BCUT2D eigenvalue weighted by molar-refractivity contribution is 5.91. The maximum atomic E-state index is 13.8. The number of aromatic amines is 2. The number of likely N-dealkylation sites (tertiary alicyclic amines) is 1. The van der Waals surface area contributed by atoms with E-state index >= 15 is 0 Å². The van der Waals surface area contributed by atoms with Gasteiger partial charge in [0, 0.05) is 18.2 Å². The van der Waals surface area contributed by atoms with Gasteiger partial charge < -0.3 is 30.2 Å². The first-order valence-electron chi connectivity index (χ1n) is 18.4. The van der Waals surface area contributed by atoms with Gasteiger partial charge in [-0.05, 0) is 95.4 Å². The smallest absolute Gasteiger partial charge is 0.407 e. The Hall–Kier alpha value is -4.96. The number of alkyl carbamates (subject to hydrolysis) is 1. The zero-order valence-corrected chi connectivity index (χ0v) is 29.4. The average Bonchev–Trinajstić information content (AvgIpc) is 3.79. The molecule has 2 saturated carbocycles. The van der Waals surface area contributed by atoms with Crippen LogP contribution in [0.2, 0.25) is 0 Å². The van der Waals surface area contributed by atoms with Gasteiger partial charge in [0.05, 0.1) is 43.0 Å². The second-order valence-electron chi connectivity index (χ2n) is 15.7. The Labute approximate surface area is 297 Å². The molecule has 2 bridgehead atoms. The van der Waals surface area contributed by atoms with Crippen LogP contribution in [0.5, 0.6) is 0 Å². The van der Waals surface area contributed by atoms with Gasteiger partial charge in [-0.1, -0.05) is 62.4 Å². The van der Waals surface area contributed by atoms with Crippen molar-refractivity contribution in [1.82, 2.24) is 35.5 Å². The summed E-state index contributed by atoms with van der Waals surface area (Å²) in [6.45, 7) is 4.56. The minimum absolute atomic E-state index is 0.0803. The van der Waals surface area contributed by atoms with Gasteiger partial charge in [-0.15, -0.1) is 0 Å². The number of ether oxygens (including phenoxy) is 1. The predicted octanol–water partition coefficient (Wildman–Crippen LogP) is 7.53. The number of aromatic nitrogens is 4. The van der Waals surface area contributed by atoms with Crippen LogP contribution in [0.3, 0.4) is 0 Å². The third-order valence-electron chi connectivity index (χ3n) is 12.0. The van der Waals surface area contributed by atoms with Gasteiger partial charge >= 0.3 is 6.09 Å². The molecule has 262 valence electrons. The number of hydrogen-bond acceptors (Lipinski definition) is 6. The molecule has 0 unspecified atom stereocenters. The summed E-state index contributed by atoms with van der Waals surface area (Å²) in [6.07, 6.45) is 10.2. The summed E-state index contributed by atoms with van der Waals surface area (Å²) in [4.78, 5) is 44.5. The van der Waals surface area contributed by atoms with E-state index in [4.69, 9.17) is 14.7 Å². The van der Waals surface area contributed by atoms with E-state index in [9.17, 15) is 9.59 Å². The molecule has 2 saturated heterocycles. The number of carbonyl (C=O) groups is 2. The summed E-state index contributed by atoms with van der Waals surface area (Å²) in [5.41, 5.74) is 6.61. The normalized spacial score (nSPS) is 23.7. The van der Waals surface area contributed by atoms with E-state index in [1.54, 1.807) is 0 Å². The molecular formula is C41H45N7O3. The Bertz CT molecular complexity index is 2110. The van der Waals surface area contributed by atoms with Gasteiger partial charge in [-0.3, -0.25) is 4.79 Å². The van der Waals surface area contributed by atoms with Gasteiger partial charge in [-0.2, -0.15) is 0 Å². The molecule has 5 atom stereocenters. The number of nitrogens with zero attached hydrogens (tertiary/aromatic N) is 3. The van der Waals surface area contributed by atoms with Crippen molar-refractivity contribution in [3.05, 3.63) is 84.7 Å². The molecule has 4 heterocycles. The van der Waals surface area contributed by atoms with E-state index in [1.165, 1.54) is 37.1 Å². The zero-order valence-electron chi connectivity index (χ0n) is 29.4. The van der Waals surface area contributed by atoms with E-state index in [0.29, 0.717) is 24.5 Å². The molecule has 9 rings (SSSR count). The van der Waals surface area contributed by atoms with Crippen molar-refractivity contribution in [2.24, 2.45) is 17.3 Å². The molecule has 51 heavy (non-hydrogen) atoms. The summed E-state index contributed by atoms with van der Waals surface area (Å²) in [5, 5.41) is 8.89. The summed E-state index contributed by atoms with van der Waals surface area (Å²) in [5.74, 6) is 2.38. The second-order valence-corrected chi connectivity index (χ2v) is 15.7. The summed E-state index contributed by atoms with van der Waals surface area (Å²) >= 11 is 0. The Balaban J connectivity index is 0.905. The topological polar surface area (TPSA) is 128 Å². The monoisotopic (exact) mass is 683 g/mol. The molecular weight excluding hydrogens is 638 g/mol. The van der Waals surface area contributed by atoms with Crippen LogP contribution >= 0.6 is 0 Å². The van der Waals surface area contributed by atoms with Crippen LogP contribution in [0, 0.1) is 17.3 Å². The fraction of sp³-hybridized carbons (Fsp3) is 0.415. The SMILES string of the molecule is COC(=O)N[C@H](C(=O)N1CC2(CC2)C[C@H]1c1ncc(-c2ccc(-c3ccc4cc(-c5cnc([C@H]6N[C@@H]7CC[C@H]6C7)[nH]5)ccc4c3)cc2)[nH]1)C(C)C. The van der Waals surface area contributed by atoms with E-state index in [-0.39, 0.29) is 23.3 Å². The third-order valence-corrected chi connectivity index (χ3v) is 12.0. The highest BCUT2D eigenvalue weighted by Crippen LogP contribution is 2.58. The molecule has 4 aliphatic rings. The van der Waals surface area contributed by atoms with Crippen LogP contribution < -0.4 is 10.6 Å². The van der Waals surface area contributed by atoms with Crippen LogP contribution in [0.4, 0.5) is 4.79 Å². The molecule has 2 aliphatic heterocycles. The number of H-pyrrole nitrogens is 2. The number of nitrogens with one attached hydrogen (secondary N) is 4. The minimum Gasteiger partial charge on any atom is -0.453 e. The predicted molar refractivity (Wildman–Crippen MR) is 196 cm³/mol. The zero-order chi connectivity index (χ0) is 34.9. The maximum absolute atomic E-state index is 13.8. The van der Waals surface area contributed by atoms with E-state index in [0.717, 1.165) is 64.6 Å². The van der Waals surface area contributed by atoms with Gasteiger partial charge in [0.15, 0.2) is 0 Å². The fourth-order valence-corrected chi connectivity index (χ4v) is 8.84. The van der Waals surface area contributed by atoms with Crippen molar-refractivity contribution in [1.29, 1.82) is 0 Å². The molecule has 2 aliphatic carbocycles. The number of fused-ring (bicyclic) bond motifs is 3. The number of piperidine rings is 1. The van der Waals surface area contributed by atoms with Crippen LogP contribution in [-0.4, -0.2) is 62.6 Å². The van der Waals surface area contributed by atoms with E-state index < -0.39 is 12.1 Å². The average molecular weight is 684 g/mol. The Morgan fingerprint density at radius 2 is 1.51 bits per heavy atom. The van der Waals surface area contributed by atoms with Gasteiger partial charge in [-0.25, -0.2) is 14.8 Å². The van der Waals surface area contributed by atoms with Crippen LogP contribution in [0.25, 0.3) is 44.4 Å². The summed E-state index contributed by atoms with van der Waals surface area (Å²) < 4.78 is 4.81. The number of methoxy groups -OCH3 is 1. The molecule has 2 aromatic heterocycles. The molecule has 3 aromatic carbocycles. The van der Waals surface area contributed by atoms with Crippen LogP contribution in [0.1, 0.15) is 76.1 Å². The molecule has 2 amide bonds. The van der Waals surface area contributed by atoms with Crippen LogP contribution in [-0.2, 0) is 9.53 Å². The lowest BCUT2D eigenvalue weighted by Crippen LogP contribution is -2.51. The minimum atomic E-state index is -0.661. The van der Waals surface area contributed by atoms with E-state index in [2.05, 4.69) is 81.3 Å². The molecule has 4 N–H and O–H groups in total. The van der Waals surface area contributed by atoms with Gasteiger partial charge in [0.1, 0.15) is 17.7 Å². The Morgan fingerprint density at radius 3 is 2.18 bits per heavy atom. The molecule has 0 radical (unpaired) electrons. The Kier molecular flexibility index (Phi) is 7.76. The highest BCUT2D eigenvalue weighted by atomic mass is 16.5. The Morgan fingerprint density at radius 1 is 0.863 bits per heavy atom. The van der Waals surface area contributed by atoms with Crippen LogP contribution in [0.15, 0.2) is 73.1 Å². The molecule has 4 fully saturated rings. The number of carbonyl (C=O) groups excluding carboxylic acids is 2. The molecule has 10 nitrogen and oxygen atoms in total. The molecule has 10 heteroatoms. The van der Waals surface area contributed by atoms with E-state index in [1.807, 2.05) is 31.1 Å². The lowest BCUT2D eigenvalue weighted by Gasteiger charge is -2.30. The highest BCUT2D eigenvalue weighted by Gasteiger charge is 2.55. The van der Waals surface area contributed by atoms with Crippen molar-refractivity contribution >= 4 is 22.8 Å². The number of rotatable bonds is 8. The summed E-state index contributed by atoms with van der Waals surface area (Å²) in [7, 11) is 1.32. The number of hydrogen-bond donors (Lipinski definition) is 4. The molecule has 1 spiro atoms. The van der Waals surface area contributed by atoms with Crippen molar-refractivity contribution in [3.8, 4) is 33.6 Å². The number of benzene rings is 3. The number of amides is 2. The maximum Gasteiger partial charge on any atom is 0.407 e. The largest absolute Gasteiger partial charge is 0.453 e. The lowest BCUT2D eigenvalue weighted by molar-refractivity contribution is -0.135. The third kappa shape index (κ3) is 5.89. The van der Waals surface area contributed by atoms with Crippen molar-refractivity contribution < 1.29 is 14.3 Å². The molecule has 5 aromatic rings. The number of imidazole rings is 2.